The van der Waals surface area contributed by atoms with E-state index in [9.17, 15) is 9.59 Å². The lowest BCUT2D eigenvalue weighted by molar-refractivity contribution is -0.116. The number of anilines is 1. The molecule has 30 heavy (non-hydrogen) atoms. The van der Waals surface area contributed by atoms with Gasteiger partial charge < -0.3 is 15.0 Å². The van der Waals surface area contributed by atoms with E-state index in [1.54, 1.807) is 0 Å². The zero-order chi connectivity index (χ0) is 21.1. The molecule has 1 atom stereocenters. The number of aromatic amines is 1. The zero-order valence-electron chi connectivity index (χ0n) is 16.8. The van der Waals surface area contributed by atoms with Crippen molar-refractivity contribution in [2.24, 2.45) is 0 Å². The zero-order valence-corrected chi connectivity index (χ0v) is 17.7. The molecule has 1 aliphatic rings. The Balaban J connectivity index is 1.61. The minimum atomic E-state index is -0.341. The van der Waals surface area contributed by atoms with Crippen LogP contribution < -0.4 is 15.6 Å². The SMILES string of the molecule is CC(C)Oc1ccc([C@@H]2CC(=O)Nc3nc(SCc4ccccc4)[nH]c(=O)c32)cc1. The fourth-order valence-corrected chi connectivity index (χ4v) is 4.30. The highest BCUT2D eigenvalue weighted by Crippen LogP contribution is 2.35. The van der Waals surface area contributed by atoms with Gasteiger partial charge in [-0.1, -0.05) is 54.2 Å². The van der Waals surface area contributed by atoms with Crippen LogP contribution in [0, 0.1) is 0 Å². The van der Waals surface area contributed by atoms with Gasteiger partial charge in [-0.3, -0.25) is 9.59 Å². The Morgan fingerprint density at radius 3 is 2.53 bits per heavy atom. The second-order valence-electron chi connectivity index (χ2n) is 7.45. The number of carbonyl (C=O) groups excluding carboxylic acids is 1. The highest BCUT2D eigenvalue weighted by molar-refractivity contribution is 7.98. The standard InChI is InChI=1S/C23H23N3O3S/c1-14(2)29-17-10-8-16(9-11-17)18-12-19(27)24-21-20(18)22(28)26-23(25-21)30-13-15-6-4-3-5-7-15/h3-11,14,18H,12-13H2,1-2H3,(H2,24,25,26,27,28)/t18-/m0/s1. The lowest BCUT2D eigenvalue weighted by Gasteiger charge is -2.24. The minimum absolute atomic E-state index is 0.0795. The molecule has 6 nitrogen and oxygen atoms in total. The van der Waals surface area contributed by atoms with E-state index in [1.165, 1.54) is 11.8 Å². The molecule has 1 amide bonds. The molecule has 0 fully saturated rings. The van der Waals surface area contributed by atoms with Crippen LogP contribution in [0.2, 0.25) is 0 Å². The van der Waals surface area contributed by atoms with Gasteiger partial charge in [0.25, 0.3) is 5.56 Å². The molecular weight excluding hydrogens is 398 g/mol. The van der Waals surface area contributed by atoms with Crippen LogP contribution in [0.4, 0.5) is 5.82 Å². The van der Waals surface area contributed by atoms with Crippen molar-refractivity contribution in [3.63, 3.8) is 0 Å². The van der Waals surface area contributed by atoms with Gasteiger partial charge in [-0.25, -0.2) is 4.98 Å². The molecule has 0 aliphatic carbocycles. The number of hydrogen-bond acceptors (Lipinski definition) is 5. The van der Waals surface area contributed by atoms with Gasteiger partial charge in [-0.2, -0.15) is 0 Å². The Kier molecular flexibility index (Phi) is 5.90. The monoisotopic (exact) mass is 421 g/mol. The molecule has 2 heterocycles. The van der Waals surface area contributed by atoms with Gasteiger partial charge in [0.1, 0.15) is 11.6 Å². The summed E-state index contributed by atoms with van der Waals surface area (Å²) >= 11 is 1.43. The van der Waals surface area contributed by atoms with Crippen LogP contribution >= 0.6 is 11.8 Å². The number of thioether (sulfide) groups is 1. The summed E-state index contributed by atoms with van der Waals surface area (Å²) in [6, 6.07) is 17.5. The maximum Gasteiger partial charge on any atom is 0.257 e. The first-order valence-electron chi connectivity index (χ1n) is 9.87. The average Bonchev–Trinajstić information content (AvgIpc) is 2.72. The van der Waals surface area contributed by atoms with Crippen LogP contribution in [0.3, 0.4) is 0 Å². The van der Waals surface area contributed by atoms with Crippen molar-refractivity contribution in [1.82, 2.24) is 9.97 Å². The number of nitrogens with one attached hydrogen (secondary N) is 2. The average molecular weight is 422 g/mol. The van der Waals surface area contributed by atoms with Crippen molar-refractivity contribution in [3.05, 3.63) is 81.6 Å². The highest BCUT2D eigenvalue weighted by Gasteiger charge is 2.31. The molecule has 1 aliphatic heterocycles. The third kappa shape index (κ3) is 4.57. The molecule has 3 aromatic rings. The van der Waals surface area contributed by atoms with Gasteiger partial charge in [-0.05, 0) is 37.1 Å². The fourth-order valence-electron chi connectivity index (χ4n) is 3.48. The summed E-state index contributed by atoms with van der Waals surface area (Å²) in [5.74, 6) is 1.29. The summed E-state index contributed by atoms with van der Waals surface area (Å²) in [6.07, 6.45) is 0.287. The van der Waals surface area contributed by atoms with Crippen molar-refractivity contribution in [1.29, 1.82) is 0 Å². The predicted molar refractivity (Wildman–Crippen MR) is 118 cm³/mol. The van der Waals surface area contributed by atoms with E-state index in [1.807, 2.05) is 68.4 Å². The molecule has 1 aromatic heterocycles. The van der Waals surface area contributed by atoms with Crippen molar-refractivity contribution < 1.29 is 9.53 Å². The maximum atomic E-state index is 12.9. The van der Waals surface area contributed by atoms with Crippen molar-refractivity contribution in [2.75, 3.05) is 5.32 Å². The summed E-state index contributed by atoms with van der Waals surface area (Å²) in [7, 11) is 0. The van der Waals surface area contributed by atoms with E-state index in [2.05, 4.69) is 15.3 Å². The molecule has 154 valence electrons. The summed E-state index contributed by atoms with van der Waals surface area (Å²) in [5, 5.41) is 3.26. The topological polar surface area (TPSA) is 84.1 Å². The highest BCUT2D eigenvalue weighted by atomic mass is 32.2. The van der Waals surface area contributed by atoms with E-state index in [4.69, 9.17) is 4.74 Å². The first-order valence-corrected chi connectivity index (χ1v) is 10.9. The number of carbonyl (C=O) groups is 1. The van der Waals surface area contributed by atoms with Gasteiger partial charge >= 0.3 is 0 Å². The summed E-state index contributed by atoms with van der Waals surface area (Å²) in [6.45, 7) is 3.93. The van der Waals surface area contributed by atoms with Gasteiger partial charge in [0.15, 0.2) is 5.16 Å². The second-order valence-corrected chi connectivity index (χ2v) is 8.41. The molecule has 0 bridgehead atoms. The lowest BCUT2D eigenvalue weighted by Crippen LogP contribution is -2.31. The Hall–Kier alpha value is -3.06. The second kappa shape index (κ2) is 8.75. The normalized spacial score (nSPS) is 15.6. The number of hydrogen-bond donors (Lipinski definition) is 2. The number of aromatic nitrogens is 2. The Morgan fingerprint density at radius 1 is 1.10 bits per heavy atom. The number of nitrogens with zero attached hydrogens (tertiary/aromatic N) is 1. The van der Waals surface area contributed by atoms with E-state index < -0.39 is 0 Å². The molecule has 0 radical (unpaired) electrons. The molecule has 0 unspecified atom stereocenters. The molecule has 7 heteroatoms. The summed E-state index contributed by atoms with van der Waals surface area (Å²) in [5.41, 5.74) is 2.30. The van der Waals surface area contributed by atoms with Crippen LogP contribution in [0.25, 0.3) is 0 Å². The maximum absolute atomic E-state index is 12.9. The minimum Gasteiger partial charge on any atom is -0.491 e. The van der Waals surface area contributed by atoms with Crippen molar-refractivity contribution in [2.45, 2.75) is 43.2 Å². The van der Waals surface area contributed by atoms with Gasteiger partial charge in [-0.15, -0.1) is 0 Å². The van der Waals surface area contributed by atoms with Crippen LogP contribution in [0.5, 0.6) is 5.75 Å². The van der Waals surface area contributed by atoms with Gasteiger partial charge in [0, 0.05) is 18.1 Å². The molecular formula is C23H23N3O3S. The molecule has 2 N–H and O–H groups in total. The van der Waals surface area contributed by atoms with E-state index in [-0.39, 0.29) is 29.9 Å². The van der Waals surface area contributed by atoms with Gasteiger partial charge in [0.2, 0.25) is 5.91 Å². The lowest BCUT2D eigenvalue weighted by atomic mass is 9.87. The van der Waals surface area contributed by atoms with Crippen LogP contribution in [-0.2, 0) is 10.5 Å². The molecule has 4 rings (SSSR count). The number of benzene rings is 2. The predicted octanol–water partition coefficient (Wildman–Crippen LogP) is 4.32. The fraction of sp³-hybridized carbons (Fsp3) is 0.261. The molecule has 0 saturated heterocycles. The number of fused-ring (bicyclic) bond motifs is 1. The Labute approximate surface area is 179 Å². The molecule has 2 aromatic carbocycles. The van der Waals surface area contributed by atoms with Crippen molar-refractivity contribution in [3.8, 4) is 5.75 Å². The summed E-state index contributed by atoms with van der Waals surface area (Å²) < 4.78 is 5.69. The first kappa shape index (κ1) is 20.2. The molecule has 0 spiro atoms. The summed E-state index contributed by atoms with van der Waals surface area (Å²) in [4.78, 5) is 32.6. The van der Waals surface area contributed by atoms with Crippen molar-refractivity contribution >= 4 is 23.5 Å². The third-order valence-corrected chi connectivity index (χ3v) is 5.75. The van der Waals surface area contributed by atoms with Crippen LogP contribution in [0.15, 0.2) is 64.5 Å². The quantitative estimate of drug-likeness (QED) is 0.457. The van der Waals surface area contributed by atoms with Crippen LogP contribution in [0.1, 0.15) is 42.9 Å². The Morgan fingerprint density at radius 2 is 1.83 bits per heavy atom. The van der Waals surface area contributed by atoms with E-state index >= 15 is 0 Å². The smallest absolute Gasteiger partial charge is 0.257 e. The number of amides is 1. The number of ether oxygens (including phenoxy) is 1. The largest absolute Gasteiger partial charge is 0.491 e. The Bertz CT molecular complexity index is 1090. The third-order valence-electron chi connectivity index (χ3n) is 4.80. The van der Waals surface area contributed by atoms with E-state index in [0.717, 1.165) is 16.9 Å². The van der Waals surface area contributed by atoms with Gasteiger partial charge in [0.05, 0.1) is 11.7 Å². The number of H-pyrrole nitrogens is 1. The van der Waals surface area contributed by atoms with Crippen LogP contribution in [-0.4, -0.2) is 22.0 Å². The first-order chi connectivity index (χ1) is 14.5. The number of rotatable bonds is 6. The van der Waals surface area contributed by atoms with E-state index in [0.29, 0.717) is 22.3 Å². The molecule has 0 saturated carbocycles.